The van der Waals surface area contributed by atoms with Crippen molar-refractivity contribution in [1.29, 1.82) is 0 Å². The van der Waals surface area contributed by atoms with Crippen molar-refractivity contribution in [2.24, 2.45) is 0 Å². The van der Waals surface area contributed by atoms with Gasteiger partial charge in [0.1, 0.15) is 0 Å². The largest absolute Gasteiger partial charge is 0.325 e. The van der Waals surface area contributed by atoms with Gasteiger partial charge in [-0.3, -0.25) is 4.79 Å². The SMILES string of the molecule is CC(C)c1ccc(NC(=O)C2Cc3ccccc3CN2)cc1.Cl. The molecule has 2 N–H and O–H groups in total. The van der Waals surface area contributed by atoms with Gasteiger partial charge in [0.2, 0.25) is 5.91 Å². The molecule has 1 amide bonds. The molecule has 0 spiro atoms. The molecule has 0 radical (unpaired) electrons. The Kier molecular flexibility index (Phi) is 5.80. The molecule has 3 rings (SSSR count). The number of rotatable bonds is 3. The quantitative estimate of drug-likeness (QED) is 0.896. The highest BCUT2D eigenvalue weighted by atomic mass is 35.5. The molecular weight excluding hydrogens is 308 g/mol. The Bertz CT molecular complexity index is 667. The number of hydrogen-bond acceptors (Lipinski definition) is 2. The van der Waals surface area contributed by atoms with Crippen molar-refractivity contribution in [3.63, 3.8) is 0 Å². The Balaban J connectivity index is 0.00000192. The number of carbonyl (C=O) groups excluding carboxylic acids is 1. The van der Waals surface area contributed by atoms with Crippen LogP contribution in [0.25, 0.3) is 0 Å². The van der Waals surface area contributed by atoms with Crippen LogP contribution in [0.2, 0.25) is 0 Å². The van der Waals surface area contributed by atoms with Crippen molar-refractivity contribution in [3.05, 3.63) is 65.2 Å². The van der Waals surface area contributed by atoms with Crippen LogP contribution in [0.5, 0.6) is 0 Å². The number of carbonyl (C=O) groups is 1. The summed E-state index contributed by atoms with van der Waals surface area (Å²) in [5, 5.41) is 6.32. The zero-order chi connectivity index (χ0) is 15.5. The fraction of sp³-hybridized carbons (Fsp3) is 0.316. The van der Waals surface area contributed by atoms with Crippen LogP contribution in [-0.2, 0) is 17.8 Å². The molecule has 1 heterocycles. The summed E-state index contributed by atoms with van der Waals surface area (Å²) in [7, 11) is 0. The first kappa shape index (κ1) is 17.5. The van der Waals surface area contributed by atoms with Crippen molar-refractivity contribution in [3.8, 4) is 0 Å². The highest BCUT2D eigenvalue weighted by molar-refractivity contribution is 5.95. The molecule has 23 heavy (non-hydrogen) atoms. The molecule has 3 nitrogen and oxygen atoms in total. The van der Waals surface area contributed by atoms with Gasteiger partial charge in [-0.15, -0.1) is 12.4 Å². The number of hydrogen-bond donors (Lipinski definition) is 2. The molecule has 0 aromatic heterocycles. The van der Waals surface area contributed by atoms with Gasteiger partial charge in [-0.25, -0.2) is 0 Å². The summed E-state index contributed by atoms with van der Waals surface area (Å²) >= 11 is 0. The van der Waals surface area contributed by atoms with Gasteiger partial charge >= 0.3 is 0 Å². The first-order valence-electron chi connectivity index (χ1n) is 7.84. The van der Waals surface area contributed by atoms with Crippen molar-refractivity contribution >= 4 is 24.0 Å². The second-order valence-electron chi connectivity index (χ2n) is 6.17. The molecule has 0 saturated heterocycles. The second kappa shape index (κ2) is 7.62. The van der Waals surface area contributed by atoms with E-state index in [1.807, 2.05) is 24.3 Å². The van der Waals surface area contributed by atoms with Crippen LogP contribution in [0, 0.1) is 0 Å². The number of benzene rings is 2. The lowest BCUT2D eigenvalue weighted by Gasteiger charge is -2.25. The second-order valence-corrected chi connectivity index (χ2v) is 6.17. The molecular formula is C19H23ClN2O. The molecule has 1 atom stereocenters. The van der Waals surface area contributed by atoms with Crippen molar-refractivity contribution in [1.82, 2.24) is 5.32 Å². The van der Waals surface area contributed by atoms with Gasteiger partial charge in [0.25, 0.3) is 0 Å². The lowest BCUT2D eigenvalue weighted by atomic mass is 9.95. The number of fused-ring (bicyclic) bond motifs is 1. The van der Waals surface area contributed by atoms with Gasteiger partial charge in [-0.1, -0.05) is 50.2 Å². The normalized spacial score (nSPS) is 16.4. The van der Waals surface area contributed by atoms with E-state index < -0.39 is 0 Å². The average molecular weight is 331 g/mol. The highest BCUT2D eigenvalue weighted by Gasteiger charge is 2.23. The Morgan fingerprint density at radius 3 is 2.39 bits per heavy atom. The van der Waals surface area contributed by atoms with Gasteiger partial charge in [0, 0.05) is 12.2 Å². The predicted molar refractivity (Wildman–Crippen MR) is 97.2 cm³/mol. The third kappa shape index (κ3) is 4.12. The fourth-order valence-electron chi connectivity index (χ4n) is 2.82. The Morgan fingerprint density at radius 2 is 1.74 bits per heavy atom. The summed E-state index contributed by atoms with van der Waals surface area (Å²) in [6.07, 6.45) is 0.742. The Morgan fingerprint density at radius 1 is 1.09 bits per heavy atom. The third-order valence-electron chi connectivity index (χ3n) is 4.24. The maximum absolute atomic E-state index is 12.4. The summed E-state index contributed by atoms with van der Waals surface area (Å²) < 4.78 is 0. The lowest BCUT2D eigenvalue weighted by molar-refractivity contribution is -0.118. The number of halogens is 1. The Hall–Kier alpha value is -1.84. The van der Waals surface area contributed by atoms with Gasteiger partial charge in [0.05, 0.1) is 6.04 Å². The van der Waals surface area contributed by atoms with E-state index in [0.717, 1.165) is 18.7 Å². The van der Waals surface area contributed by atoms with Crippen LogP contribution in [0.3, 0.4) is 0 Å². The lowest BCUT2D eigenvalue weighted by Crippen LogP contribution is -2.44. The standard InChI is InChI=1S/C19H22N2O.ClH/c1-13(2)14-7-9-17(10-8-14)21-19(22)18-11-15-5-3-4-6-16(15)12-20-18;/h3-10,13,18,20H,11-12H2,1-2H3,(H,21,22);1H. The first-order valence-corrected chi connectivity index (χ1v) is 7.84. The van der Waals surface area contributed by atoms with Gasteiger partial charge in [0.15, 0.2) is 0 Å². The number of nitrogens with one attached hydrogen (secondary N) is 2. The van der Waals surface area contributed by atoms with Crippen LogP contribution in [0.15, 0.2) is 48.5 Å². The van der Waals surface area contributed by atoms with Gasteiger partial charge in [-0.2, -0.15) is 0 Å². The molecule has 122 valence electrons. The van der Waals surface area contributed by atoms with Crippen molar-refractivity contribution < 1.29 is 4.79 Å². The minimum absolute atomic E-state index is 0. The Labute approximate surface area is 143 Å². The molecule has 4 heteroatoms. The van der Waals surface area contributed by atoms with E-state index in [1.54, 1.807) is 0 Å². The zero-order valence-corrected chi connectivity index (χ0v) is 14.3. The van der Waals surface area contributed by atoms with Crippen molar-refractivity contribution in [2.75, 3.05) is 5.32 Å². The molecule has 1 unspecified atom stereocenters. The maximum Gasteiger partial charge on any atom is 0.241 e. The molecule has 1 aliphatic rings. The smallest absolute Gasteiger partial charge is 0.241 e. The summed E-state index contributed by atoms with van der Waals surface area (Å²) in [6, 6.07) is 16.2. The predicted octanol–water partition coefficient (Wildman–Crippen LogP) is 3.88. The van der Waals surface area contributed by atoms with Crippen LogP contribution in [0.4, 0.5) is 5.69 Å². The summed E-state index contributed by atoms with van der Waals surface area (Å²) in [5.74, 6) is 0.535. The van der Waals surface area contributed by atoms with Gasteiger partial charge in [-0.05, 0) is 41.2 Å². The molecule has 0 bridgehead atoms. The number of anilines is 1. The summed E-state index contributed by atoms with van der Waals surface area (Å²) in [4.78, 5) is 12.4. The maximum atomic E-state index is 12.4. The minimum Gasteiger partial charge on any atom is -0.325 e. The third-order valence-corrected chi connectivity index (χ3v) is 4.24. The highest BCUT2D eigenvalue weighted by Crippen LogP contribution is 2.19. The summed E-state index contributed by atoms with van der Waals surface area (Å²) in [5.41, 5.74) is 4.68. The van der Waals surface area contributed by atoms with E-state index in [-0.39, 0.29) is 24.4 Å². The summed E-state index contributed by atoms with van der Waals surface area (Å²) in [6.45, 7) is 5.08. The monoisotopic (exact) mass is 330 g/mol. The van der Waals surface area contributed by atoms with E-state index in [0.29, 0.717) is 5.92 Å². The van der Waals surface area contributed by atoms with E-state index in [2.05, 4.69) is 48.7 Å². The van der Waals surface area contributed by atoms with Gasteiger partial charge < -0.3 is 10.6 Å². The van der Waals surface area contributed by atoms with E-state index in [9.17, 15) is 4.79 Å². The topological polar surface area (TPSA) is 41.1 Å². The van der Waals surface area contributed by atoms with Crippen LogP contribution >= 0.6 is 12.4 Å². The number of amides is 1. The molecule has 2 aromatic carbocycles. The molecule has 1 aliphatic heterocycles. The fourth-order valence-corrected chi connectivity index (χ4v) is 2.82. The van der Waals surface area contributed by atoms with E-state index in [4.69, 9.17) is 0 Å². The van der Waals surface area contributed by atoms with E-state index in [1.165, 1.54) is 16.7 Å². The van der Waals surface area contributed by atoms with Crippen molar-refractivity contribution in [2.45, 2.75) is 38.8 Å². The molecule has 0 fully saturated rings. The molecule has 0 aliphatic carbocycles. The molecule has 2 aromatic rings. The van der Waals surface area contributed by atoms with Crippen LogP contribution in [0.1, 0.15) is 36.5 Å². The van der Waals surface area contributed by atoms with E-state index >= 15 is 0 Å². The van der Waals surface area contributed by atoms with Crippen LogP contribution in [-0.4, -0.2) is 11.9 Å². The average Bonchev–Trinajstić information content (AvgIpc) is 2.55. The first-order chi connectivity index (χ1) is 10.6. The minimum atomic E-state index is -0.167. The molecule has 0 saturated carbocycles. The van der Waals surface area contributed by atoms with Crippen LogP contribution < -0.4 is 10.6 Å². The zero-order valence-electron chi connectivity index (χ0n) is 13.5.